The number of nitrogens with zero attached hydrogens (tertiary/aromatic N) is 1. The van der Waals surface area contributed by atoms with Crippen LogP contribution in [-0.2, 0) is 4.79 Å². The topological polar surface area (TPSA) is 66.8 Å². The summed E-state index contributed by atoms with van der Waals surface area (Å²) in [5, 5.41) is 10.7. The third kappa shape index (κ3) is 4.35. The van der Waals surface area contributed by atoms with Crippen LogP contribution in [0.3, 0.4) is 0 Å². The number of aliphatic carboxylic acids is 1. The van der Waals surface area contributed by atoms with Crippen LogP contribution in [0.15, 0.2) is 72.8 Å². The van der Waals surface area contributed by atoms with Gasteiger partial charge in [0.2, 0.25) is 0 Å². The molecule has 152 valence electrons. The molecule has 0 atom stereocenters. The van der Waals surface area contributed by atoms with Gasteiger partial charge in [0.25, 0.3) is 5.91 Å². The molecule has 0 aliphatic carbocycles. The zero-order chi connectivity index (χ0) is 20.9. The third-order valence-corrected chi connectivity index (χ3v) is 5.33. The van der Waals surface area contributed by atoms with Crippen LogP contribution in [0, 0.1) is 0 Å². The highest BCUT2D eigenvalue weighted by atomic mass is 16.5. The SMILES string of the molecule is O=C(O)CCOc1ccc(C2=CCN(C(=O)c3cccc4ccccc34)CC2)cc1. The molecule has 0 saturated heterocycles. The van der Waals surface area contributed by atoms with E-state index in [1.165, 1.54) is 5.57 Å². The molecule has 0 fully saturated rings. The summed E-state index contributed by atoms with van der Waals surface area (Å²) in [5.74, 6) is -0.157. The zero-order valence-corrected chi connectivity index (χ0v) is 16.6. The first-order valence-electron chi connectivity index (χ1n) is 10.0. The standard InChI is InChI=1S/C25H23NO4/c27-24(28)14-17-30-21-10-8-18(9-11-21)19-12-15-26(16-13-19)25(29)23-7-3-5-20-4-1-2-6-22(20)23/h1-12H,13-17H2,(H,27,28). The predicted molar refractivity (Wildman–Crippen MR) is 117 cm³/mol. The second kappa shape index (κ2) is 8.82. The van der Waals surface area contributed by atoms with E-state index in [2.05, 4.69) is 6.08 Å². The number of carbonyl (C=O) groups is 2. The van der Waals surface area contributed by atoms with Crippen molar-refractivity contribution in [2.24, 2.45) is 0 Å². The molecule has 30 heavy (non-hydrogen) atoms. The van der Waals surface area contributed by atoms with Crippen molar-refractivity contribution in [3.05, 3.63) is 83.9 Å². The fourth-order valence-corrected chi connectivity index (χ4v) is 3.72. The Kier molecular flexibility index (Phi) is 5.80. The summed E-state index contributed by atoms with van der Waals surface area (Å²) in [6.45, 7) is 1.40. The van der Waals surface area contributed by atoms with Gasteiger partial charge in [0.15, 0.2) is 0 Å². The summed E-state index contributed by atoms with van der Waals surface area (Å²) in [5.41, 5.74) is 3.04. The molecule has 1 amide bonds. The molecule has 0 unspecified atom stereocenters. The monoisotopic (exact) mass is 401 g/mol. The second-order valence-corrected chi connectivity index (χ2v) is 7.27. The minimum Gasteiger partial charge on any atom is -0.493 e. The molecule has 5 nitrogen and oxygen atoms in total. The predicted octanol–water partition coefficient (Wildman–Crippen LogP) is 4.62. The third-order valence-electron chi connectivity index (χ3n) is 5.33. The van der Waals surface area contributed by atoms with Crippen LogP contribution in [0.1, 0.15) is 28.8 Å². The Labute approximate surface area is 175 Å². The van der Waals surface area contributed by atoms with Gasteiger partial charge in [-0.15, -0.1) is 0 Å². The summed E-state index contributed by atoms with van der Waals surface area (Å²) in [6.07, 6.45) is 2.87. The Morgan fingerprint density at radius 1 is 0.967 bits per heavy atom. The van der Waals surface area contributed by atoms with E-state index >= 15 is 0 Å². The summed E-state index contributed by atoms with van der Waals surface area (Å²) in [4.78, 5) is 25.5. The number of carbonyl (C=O) groups excluding carboxylic acids is 1. The van der Waals surface area contributed by atoms with Crippen molar-refractivity contribution in [3.63, 3.8) is 0 Å². The minimum atomic E-state index is -0.874. The van der Waals surface area contributed by atoms with Crippen molar-refractivity contribution < 1.29 is 19.4 Å². The largest absolute Gasteiger partial charge is 0.493 e. The number of hydrogen-bond donors (Lipinski definition) is 1. The van der Waals surface area contributed by atoms with Crippen molar-refractivity contribution in [3.8, 4) is 5.75 Å². The molecule has 1 heterocycles. The van der Waals surface area contributed by atoms with E-state index in [9.17, 15) is 9.59 Å². The number of fused-ring (bicyclic) bond motifs is 1. The average Bonchev–Trinajstić information content (AvgIpc) is 2.78. The fraction of sp³-hybridized carbons (Fsp3) is 0.200. The average molecular weight is 401 g/mol. The molecule has 1 aliphatic rings. The maximum absolute atomic E-state index is 13.1. The molecule has 0 aromatic heterocycles. The van der Waals surface area contributed by atoms with Crippen molar-refractivity contribution in [1.29, 1.82) is 0 Å². The van der Waals surface area contributed by atoms with Crippen LogP contribution >= 0.6 is 0 Å². The van der Waals surface area contributed by atoms with E-state index in [-0.39, 0.29) is 18.9 Å². The fourth-order valence-electron chi connectivity index (χ4n) is 3.72. The van der Waals surface area contributed by atoms with E-state index in [0.717, 1.165) is 28.3 Å². The number of amides is 1. The van der Waals surface area contributed by atoms with Gasteiger partial charge < -0.3 is 14.7 Å². The first-order valence-corrected chi connectivity index (χ1v) is 10.0. The molecule has 3 aromatic rings. The number of carboxylic acids is 1. The maximum Gasteiger partial charge on any atom is 0.306 e. The molecule has 4 rings (SSSR count). The molecule has 0 saturated carbocycles. The number of hydrogen-bond acceptors (Lipinski definition) is 3. The smallest absolute Gasteiger partial charge is 0.306 e. The van der Waals surface area contributed by atoms with Gasteiger partial charge in [0, 0.05) is 18.7 Å². The Hall–Kier alpha value is -3.60. The Bertz CT molecular complexity index is 1100. The molecule has 0 spiro atoms. The Morgan fingerprint density at radius 3 is 2.47 bits per heavy atom. The lowest BCUT2D eigenvalue weighted by Crippen LogP contribution is -2.34. The molecule has 3 aromatic carbocycles. The lowest BCUT2D eigenvalue weighted by Gasteiger charge is -2.27. The van der Waals surface area contributed by atoms with Crippen LogP contribution < -0.4 is 4.74 Å². The quantitative estimate of drug-likeness (QED) is 0.654. The summed E-state index contributed by atoms with van der Waals surface area (Å²) in [7, 11) is 0. The van der Waals surface area contributed by atoms with Gasteiger partial charge in [-0.25, -0.2) is 0 Å². The summed E-state index contributed by atoms with van der Waals surface area (Å²) in [6, 6.07) is 21.5. The normalized spacial score (nSPS) is 13.7. The van der Waals surface area contributed by atoms with Crippen molar-refractivity contribution in [2.45, 2.75) is 12.8 Å². The van der Waals surface area contributed by atoms with Crippen LogP contribution in [0.5, 0.6) is 5.75 Å². The molecule has 1 N–H and O–H groups in total. The molecular formula is C25H23NO4. The van der Waals surface area contributed by atoms with E-state index in [0.29, 0.717) is 18.8 Å². The molecular weight excluding hydrogens is 378 g/mol. The number of rotatable bonds is 6. The van der Waals surface area contributed by atoms with Gasteiger partial charge in [0.1, 0.15) is 5.75 Å². The van der Waals surface area contributed by atoms with Crippen molar-refractivity contribution >= 4 is 28.2 Å². The van der Waals surface area contributed by atoms with Gasteiger partial charge in [0.05, 0.1) is 13.0 Å². The number of benzene rings is 3. The second-order valence-electron chi connectivity index (χ2n) is 7.27. The van der Waals surface area contributed by atoms with Crippen LogP contribution in [-0.4, -0.2) is 41.6 Å². The first-order chi connectivity index (χ1) is 14.6. The van der Waals surface area contributed by atoms with Gasteiger partial charge in [-0.1, -0.05) is 54.6 Å². The highest BCUT2D eigenvalue weighted by molar-refractivity contribution is 6.07. The Balaban J connectivity index is 1.42. The van der Waals surface area contributed by atoms with Gasteiger partial charge >= 0.3 is 5.97 Å². The first kappa shape index (κ1) is 19.7. The van der Waals surface area contributed by atoms with Crippen molar-refractivity contribution in [1.82, 2.24) is 4.90 Å². The zero-order valence-electron chi connectivity index (χ0n) is 16.6. The molecule has 0 radical (unpaired) electrons. The highest BCUT2D eigenvalue weighted by Gasteiger charge is 2.20. The lowest BCUT2D eigenvalue weighted by molar-refractivity contribution is -0.137. The molecule has 0 bridgehead atoms. The lowest BCUT2D eigenvalue weighted by atomic mass is 9.98. The van der Waals surface area contributed by atoms with E-state index in [1.807, 2.05) is 71.6 Å². The Morgan fingerprint density at radius 2 is 1.73 bits per heavy atom. The van der Waals surface area contributed by atoms with E-state index < -0.39 is 5.97 Å². The number of ether oxygens (including phenoxy) is 1. The summed E-state index contributed by atoms with van der Waals surface area (Å²) >= 11 is 0. The van der Waals surface area contributed by atoms with Crippen molar-refractivity contribution in [2.75, 3.05) is 19.7 Å². The van der Waals surface area contributed by atoms with Gasteiger partial charge in [-0.05, 0) is 46.5 Å². The van der Waals surface area contributed by atoms with Crippen LogP contribution in [0.4, 0.5) is 0 Å². The molecule has 1 aliphatic heterocycles. The maximum atomic E-state index is 13.1. The highest BCUT2D eigenvalue weighted by Crippen LogP contribution is 2.26. The minimum absolute atomic E-state index is 0.0204. The van der Waals surface area contributed by atoms with Crippen LogP contribution in [0.25, 0.3) is 16.3 Å². The van der Waals surface area contributed by atoms with E-state index in [4.69, 9.17) is 9.84 Å². The van der Waals surface area contributed by atoms with Gasteiger partial charge in [-0.2, -0.15) is 0 Å². The summed E-state index contributed by atoms with van der Waals surface area (Å²) < 4.78 is 5.44. The number of carboxylic acid groups (broad SMARTS) is 1. The molecule has 5 heteroatoms. The van der Waals surface area contributed by atoms with E-state index in [1.54, 1.807) is 0 Å². The van der Waals surface area contributed by atoms with Crippen LogP contribution in [0.2, 0.25) is 0 Å². The van der Waals surface area contributed by atoms with Gasteiger partial charge in [-0.3, -0.25) is 9.59 Å².